The molecule has 0 nitrogen and oxygen atoms in total. The third-order valence-corrected chi connectivity index (χ3v) is 5.02. The molecule has 0 aliphatic carbocycles. The van der Waals surface area contributed by atoms with Crippen LogP contribution in [0.4, 0.5) is 0 Å². The second-order valence-electron chi connectivity index (χ2n) is 4.11. The first-order valence-corrected chi connectivity index (χ1v) is 7.23. The standard InChI is InChI=1S/C12H17P/c1-13-8-7-12(10-13)9-11-5-3-2-4-6-11/h2-6,12H,7-10H2,1H3. The van der Waals surface area contributed by atoms with Gasteiger partial charge < -0.3 is 0 Å². The van der Waals surface area contributed by atoms with Gasteiger partial charge in [-0.15, -0.1) is 7.92 Å². The molecule has 0 amide bonds. The van der Waals surface area contributed by atoms with E-state index < -0.39 is 0 Å². The van der Waals surface area contributed by atoms with E-state index in [-0.39, 0.29) is 0 Å². The predicted octanol–water partition coefficient (Wildman–Crippen LogP) is 3.36. The van der Waals surface area contributed by atoms with Crippen LogP contribution in [0.3, 0.4) is 0 Å². The van der Waals surface area contributed by atoms with Crippen LogP contribution in [-0.2, 0) is 6.42 Å². The monoisotopic (exact) mass is 192 g/mol. The molecule has 0 radical (unpaired) electrons. The number of rotatable bonds is 2. The largest absolute Gasteiger partial charge is 0.110 e. The van der Waals surface area contributed by atoms with E-state index in [9.17, 15) is 0 Å². The molecule has 13 heavy (non-hydrogen) atoms. The van der Waals surface area contributed by atoms with Crippen LogP contribution >= 0.6 is 7.92 Å². The summed E-state index contributed by atoms with van der Waals surface area (Å²) in [4.78, 5) is 0. The highest BCUT2D eigenvalue weighted by Crippen LogP contribution is 2.43. The van der Waals surface area contributed by atoms with E-state index in [1.54, 1.807) is 0 Å². The van der Waals surface area contributed by atoms with E-state index >= 15 is 0 Å². The first-order chi connectivity index (χ1) is 6.34. The average molecular weight is 192 g/mol. The maximum Gasteiger partial charge on any atom is -0.0247 e. The van der Waals surface area contributed by atoms with Gasteiger partial charge in [0.25, 0.3) is 0 Å². The minimum absolute atomic E-state index is 0.399. The summed E-state index contributed by atoms with van der Waals surface area (Å²) in [5, 5.41) is 0. The molecule has 2 rings (SSSR count). The van der Waals surface area contributed by atoms with Crippen molar-refractivity contribution in [3.63, 3.8) is 0 Å². The Hall–Kier alpha value is -0.350. The molecule has 70 valence electrons. The Morgan fingerprint density at radius 1 is 1.31 bits per heavy atom. The lowest BCUT2D eigenvalue weighted by molar-refractivity contribution is 0.595. The third kappa shape index (κ3) is 2.54. The average Bonchev–Trinajstić information content (AvgIpc) is 2.53. The van der Waals surface area contributed by atoms with Gasteiger partial charge in [-0.1, -0.05) is 30.3 Å². The Morgan fingerprint density at radius 3 is 2.69 bits per heavy atom. The fourth-order valence-electron chi connectivity index (χ4n) is 2.14. The van der Waals surface area contributed by atoms with Gasteiger partial charge in [0.2, 0.25) is 0 Å². The maximum absolute atomic E-state index is 2.44. The molecule has 1 aliphatic rings. The molecule has 0 bridgehead atoms. The molecule has 1 aromatic carbocycles. The maximum atomic E-state index is 2.44. The summed E-state index contributed by atoms with van der Waals surface area (Å²) in [7, 11) is 0.399. The lowest BCUT2D eigenvalue weighted by atomic mass is 9.99. The summed E-state index contributed by atoms with van der Waals surface area (Å²) in [6.45, 7) is 2.44. The van der Waals surface area contributed by atoms with Gasteiger partial charge in [-0.3, -0.25) is 0 Å². The van der Waals surface area contributed by atoms with E-state index in [2.05, 4.69) is 37.0 Å². The van der Waals surface area contributed by atoms with Crippen LogP contribution < -0.4 is 0 Å². The molecule has 2 unspecified atom stereocenters. The van der Waals surface area contributed by atoms with Gasteiger partial charge in [0, 0.05) is 0 Å². The van der Waals surface area contributed by atoms with Crippen LogP contribution in [0.15, 0.2) is 30.3 Å². The topological polar surface area (TPSA) is 0 Å². The quantitative estimate of drug-likeness (QED) is 0.630. The van der Waals surface area contributed by atoms with Gasteiger partial charge in [-0.05, 0) is 43.3 Å². The minimum Gasteiger partial charge on any atom is -0.110 e. The lowest BCUT2D eigenvalue weighted by Gasteiger charge is -2.08. The summed E-state index contributed by atoms with van der Waals surface area (Å²) >= 11 is 0. The molecule has 1 aliphatic heterocycles. The molecule has 1 saturated heterocycles. The smallest absolute Gasteiger partial charge is 0.0247 e. The van der Waals surface area contributed by atoms with E-state index in [0.717, 1.165) is 5.92 Å². The molecule has 0 saturated carbocycles. The van der Waals surface area contributed by atoms with Crippen LogP contribution in [0.25, 0.3) is 0 Å². The van der Waals surface area contributed by atoms with Crippen LogP contribution in [0.5, 0.6) is 0 Å². The normalized spacial score (nSPS) is 27.8. The molecular formula is C12H17P. The number of hydrogen-bond acceptors (Lipinski definition) is 0. The molecule has 1 aromatic rings. The highest BCUT2D eigenvalue weighted by atomic mass is 31.1. The zero-order valence-electron chi connectivity index (χ0n) is 8.24. The summed E-state index contributed by atoms with van der Waals surface area (Å²) < 4.78 is 0. The Kier molecular flexibility index (Phi) is 3.01. The van der Waals surface area contributed by atoms with E-state index in [4.69, 9.17) is 0 Å². The van der Waals surface area contributed by atoms with Crippen molar-refractivity contribution in [1.82, 2.24) is 0 Å². The summed E-state index contributed by atoms with van der Waals surface area (Å²) in [5.74, 6) is 0.985. The van der Waals surface area contributed by atoms with Gasteiger partial charge >= 0.3 is 0 Å². The van der Waals surface area contributed by atoms with Gasteiger partial charge in [0.05, 0.1) is 0 Å². The molecule has 1 heterocycles. The van der Waals surface area contributed by atoms with Gasteiger partial charge in [0.1, 0.15) is 0 Å². The van der Waals surface area contributed by atoms with Crippen molar-refractivity contribution in [2.45, 2.75) is 12.8 Å². The fraction of sp³-hybridized carbons (Fsp3) is 0.500. The highest BCUT2D eigenvalue weighted by molar-refractivity contribution is 7.57. The summed E-state index contributed by atoms with van der Waals surface area (Å²) in [6, 6.07) is 10.9. The summed E-state index contributed by atoms with van der Waals surface area (Å²) in [5.41, 5.74) is 1.53. The van der Waals surface area contributed by atoms with Crippen molar-refractivity contribution in [2.24, 2.45) is 5.92 Å². The minimum atomic E-state index is 0.399. The SMILES string of the molecule is CP1CCC(Cc2ccccc2)C1. The number of benzene rings is 1. The van der Waals surface area contributed by atoms with Crippen LogP contribution in [-0.4, -0.2) is 19.0 Å². The van der Waals surface area contributed by atoms with Crippen LogP contribution in [0.1, 0.15) is 12.0 Å². The van der Waals surface area contributed by atoms with E-state index in [1.807, 2.05) is 0 Å². The zero-order valence-corrected chi connectivity index (χ0v) is 9.13. The Balaban J connectivity index is 1.92. The van der Waals surface area contributed by atoms with Gasteiger partial charge in [0.15, 0.2) is 0 Å². The lowest BCUT2D eigenvalue weighted by Crippen LogP contribution is -2.02. The molecule has 1 heteroatoms. The zero-order chi connectivity index (χ0) is 9.10. The predicted molar refractivity (Wildman–Crippen MR) is 60.8 cm³/mol. The van der Waals surface area contributed by atoms with Gasteiger partial charge in [-0.2, -0.15) is 0 Å². The molecule has 0 N–H and O–H groups in total. The van der Waals surface area contributed by atoms with Crippen LogP contribution in [0.2, 0.25) is 0 Å². The summed E-state index contributed by atoms with van der Waals surface area (Å²) in [6.07, 6.45) is 5.79. The van der Waals surface area contributed by atoms with Gasteiger partial charge in [-0.25, -0.2) is 0 Å². The second kappa shape index (κ2) is 4.24. The highest BCUT2D eigenvalue weighted by Gasteiger charge is 2.20. The van der Waals surface area contributed by atoms with Crippen molar-refractivity contribution in [2.75, 3.05) is 19.0 Å². The van der Waals surface area contributed by atoms with Crippen molar-refractivity contribution in [3.8, 4) is 0 Å². The number of hydrogen-bond donors (Lipinski definition) is 0. The molecule has 0 spiro atoms. The third-order valence-electron chi connectivity index (χ3n) is 2.86. The molecule has 1 fully saturated rings. The fourth-order valence-corrected chi connectivity index (χ4v) is 4.32. The molecule has 0 aromatic heterocycles. The first-order valence-electron chi connectivity index (χ1n) is 5.07. The van der Waals surface area contributed by atoms with Crippen molar-refractivity contribution in [3.05, 3.63) is 35.9 Å². The van der Waals surface area contributed by atoms with Crippen molar-refractivity contribution in [1.29, 1.82) is 0 Å². The Bertz CT molecular complexity index is 255. The first kappa shape index (κ1) is 9.21. The second-order valence-corrected chi connectivity index (χ2v) is 6.63. The molecular weight excluding hydrogens is 175 g/mol. The Labute approximate surface area is 82.1 Å². The Morgan fingerprint density at radius 2 is 2.08 bits per heavy atom. The molecule has 2 atom stereocenters. The van der Waals surface area contributed by atoms with E-state index in [0.29, 0.717) is 7.92 Å². The van der Waals surface area contributed by atoms with E-state index in [1.165, 1.54) is 30.7 Å². The van der Waals surface area contributed by atoms with Crippen LogP contribution in [0, 0.1) is 5.92 Å². The van der Waals surface area contributed by atoms with Crippen molar-refractivity contribution < 1.29 is 0 Å². The van der Waals surface area contributed by atoms with Crippen molar-refractivity contribution >= 4 is 7.92 Å².